The maximum atomic E-state index is 12.5. The summed E-state index contributed by atoms with van der Waals surface area (Å²) in [5.41, 5.74) is 2.27. The van der Waals surface area contributed by atoms with E-state index in [1.807, 2.05) is 31.2 Å². The predicted octanol–water partition coefficient (Wildman–Crippen LogP) is 4.86. The molecule has 0 atom stereocenters. The quantitative estimate of drug-likeness (QED) is 0.442. The molecule has 0 radical (unpaired) electrons. The van der Waals surface area contributed by atoms with Crippen LogP contribution in [0.2, 0.25) is 5.02 Å². The van der Waals surface area contributed by atoms with Crippen molar-refractivity contribution in [2.24, 2.45) is 0 Å². The van der Waals surface area contributed by atoms with Crippen LogP contribution in [-0.4, -0.2) is 38.2 Å². The highest BCUT2D eigenvalue weighted by Gasteiger charge is 2.25. The maximum absolute atomic E-state index is 12.5. The monoisotopic (exact) mass is 480 g/mol. The highest BCUT2D eigenvalue weighted by molar-refractivity contribution is 6.32. The molecule has 1 N–H and O–H groups in total. The Labute approximate surface area is 203 Å². The van der Waals surface area contributed by atoms with Gasteiger partial charge in [0.1, 0.15) is 17.2 Å². The van der Waals surface area contributed by atoms with Crippen LogP contribution in [-0.2, 0) is 9.59 Å². The lowest BCUT2D eigenvalue weighted by Crippen LogP contribution is -2.39. The smallest absolute Gasteiger partial charge is 0.265 e. The number of hydrogen-bond acceptors (Lipinski definition) is 5. The van der Waals surface area contributed by atoms with Crippen molar-refractivity contribution in [3.05, 3.63) is 77.3 Å². The van der Waals surface area contributed by atoms with Gasteiger partial charge in [-0.15, -0.1) is 0 Å². The molecule has 8 heteroatoms. The maximum Gasteiger partial charge on any atom is 0.265 e. The first kappa shape index (κ1) is 23.4. The molecule has 0 saturated carbocycles. The fourth-order valence-corrected chi connectivity index (χ4v) is 3.74. The Kier molecular flexibility index (Phi) is 7.54. The van der Waals surface area contributed by atoms with Crippen LogP contribution < -0.4 is 24.4 Å². The SMILES string of the molecule is Cc1cccc(OCCCN2C(=O)COc3ccc(NC(=O)COc4ccccc4Cl)cc32)c1. The molecule has 7 nitrogen and oxygen atoms in total. The topological polar surface area (TPSA) is 77.1 Å². The number of nitrogens with zero attached hydrogens (tertiary/aromatic N) is 1. The second-order valence-electron chi connectivity index (χ2n) is 7.80. The molecule has 4 rings (SSSR count). The number of para-hydroxylation sites is 1. The number of hydrogen-bond donors (Lipinski definition) is 1. The first-order chi connectivity index (χ1) is 16.5. The fraction of sp³-hybridized carbons (Fsp3) is 0.231. The molecule has 34 heavy (non-hydrogen) atoms. The van der Waals surface area contributed by atoms with E-state index in [4.69, 9.17) is 25.8 Å². The molecule has 3 aromatic rings. The summed E-state index contributed by atoms with van der Waals surface area (Å²) in [7, 11) is 0. The van der Waals surface area contributed by atoms with Crippen molar-refractivity contribution in [2.45, 2.75) is 13.3 Å². The van der Waals surface area contributed by atoms with Crippen molar-refractivity contribution < 1.29 is 23.8 Å². The van der Waals surface area contributed by atoms with Gasteiger partial charge in [0, 0.05) is 12.2 Å². The van der Waals surface area contributed by atoms with Crippen LogP contribution >= 0.6 is 11.6 Å². The highest BCUT2D eigenvalue weighted by atomic mass is 35.5. The molecule has 0 saturated heterocycles. The Hall–Kier alpha value is -3.71. The number of carbonyl (C=O) groups is 2. The average Bonchev–Trinajstić information content (AvgIpc) is 2.82. The van der Waals surface area contributed by atoms with Gasteiger partial charge in [0.25, 0.3) is 11.8 Å². The van der Waals surface area contributed by atoms with E-state index >= 15 is 0 Å². The number of rotatable bonds is 9. The van der Waals surface area contributed by atoms with E-state index in [1.54, 1.807) is 47.4 Å². The first-order valence-corrected chi connectivity index (χ1v) is 11.3. The van der Waals surface area contributed by atoms with E-state index in [2.05, 4.69) is 5.32 Å². The molecule has 0 spiro atoms. The number of halogens is 1. The molecule has 0 bridgehead atoms. The zero-order valence-corrected chi connectivity index (χ0v) is 19.5. The number of anilines is 2. The van der Waals surface area contributed by atoms with Crippen LogP contribution in [0.1, 0.15) is 12.0 Å². The van der Waals surface area contributed by atoms with Crippen molar-refractivity contribution in [1.82, 2.24) is 0 Å². The Balaban J connectivity index is 1.35. The van der Waals surface area contributed by atoms with Gasteiger partial charge in [0.15, 0.2) is 13.2 Å². The molecular formula is C26H25ClN2O5. The Bertz CT molecular complexity index is 1180. The summed E-state index contributed by atoms with van der Waals surface area (Å²) in [5, 5.41) is 3.22. The Morgan fingerprint density at radius 1 is 1.09 bits per heavy atom. The Morgan fingerprint density at radius 3 is 2.76 bits per heavy atom. The number of ether oxygens (including phenoxy) is 3. The summed E-state index contributed by atoms with van der Waals surface area (Å²) >= 11 is 6.05. The summed E-state index contributed by atoms with van der Waals surface area (Å²) in [6, 6.07) is 20.0. The third-order valence-electron chi connectivity index (χ3n) is 5.17. The van der Waals surface area contributed by atoms with Crippen molar-refractivity contribution >= 4 is 34.8 Å². The van der Waals surface area contributed by atoms with E-state index in [9.17, 15) is 9.59 Å². The summed E-state index contributed by atoms with van der Waals surface area (Å²) in [6.45, 7) is 2.72. The normalized spacial score (nSPS) is 12.5. The molecular weight excluding hydrogens is 456 g/mol. The number of amides is 2. The van der Waals surface area contributed by atoms with Gasteiger partial charge in [0.05, 0.1) is 17.3 Å². The van der Waals surface area contributed by atoms with E-state index in [1.165, 1.54) is 0 Å². The molecule has 3 aromatic carbocycles. The van der Waals surface area contributed by atoms with Crippen LogP contribution in [0.5, 0.6) is 17.2 Å². The summed E-state index contributed by atoms with van der Waals surface area (Å²) in [5.74, 6) is 1.33. The van der Waals surface area contributed by atoms with Crippen LogP contribution in [0.3, 0.4) is 0 Å². The molecule has 0 aromatic heterocycles. The van der Waals surface area contributed by atoms with Gasteiger partial charge in [0.2, 0.25) is 0 Å². The highest BCUT2D eigenvalue weighted by Crippen LogP contribution is 2.34. The lowest BCUT2D eigenvalue weighted by Gasteiger charge is -2.30. The van der Waals surface area contributed by atoms with Crippen LogP contribution in [0.4, 0.5) is 11.4 Å². The minimum absolute atomic E-state index is 0.0247. The molecule has 1 aliphatic heterocycles. The molecule has 176 valence electrons. The number of aryl methyl sites for hydroxylation is 1. The minimum atomic E-state index is -0.346. The van der Waals surface area contributed by atoms with E-state index < -0.39 is 0 Å². The van der Waals surface area contributed by atoms with E-state index in [0.29, 0.717) is 47.5 Å². The molecule has 1 aliphatic rings. The largest absolute Gasteiger partial charge is 0.494 e. The molecule has 0 unspecified atom stereocenters. The summed E-state index contributed by atoms with van der Waals surface area (Å²) in [6.07, 6.45) is 0.640. The first-order valence-electron chi connectivity index (χ1n) is 10.9. The predicted molar refractivity (Wildman–Crippen MR) is 131 cm³/mol. The van der Waals surface area contributed by atoms with E-state index in [0.717, 1.165) is 11.3 Å². The molecule has 1 heterocycles. The molecule has 0 aliphatic carbocycles. The van der Waals surface area contributed by atoms with Gasteiger partial charge in [-0.1, -0.05) is 35.9 Å². The average molecular weight is 481 g/mol. The van der Waals surface area contributed by atoms with Gasteiger partial charge in [-0.05, 0) is 61.4 Å². The third kappa shape index (κ3) is 5.99. The molecule has 2 amide bonds. The second-order valence-corrected chi connectivity index (χ2v) is 8.21. The van der Waals surface area contributed by atoms with Crippen LogP contribution in [0.15, 0.2) is 66.7 Å². The van der Waals surface area contributed by atoms with Crippen molar-refractivity contribution in [3.8, 4) is 17.2 Å². The summed E-state index contributed by atoms with van der Waals surface area (Å²) in [4.78, 5) is 26.6. The van der Waals surface area contributed by atoms with Gasteiger partial charge in [-0.3, -0.25) is 9.59 Å². The lowest BCUT2D eigenvalue weighted by molar-refractivity contribution is -0.121. The fourth-order valence-electron chi connectivity index (χ4n) is 3.54. The number of fused-ring (bicyclic) bond motifs is 1. The van der Waals surface area contributed by atoms with Gasteiger partial charge < -0.3 is 24.4 Å². The minimum Gasteiger partial charge on any atom is -0.494 e. The zero-order valence-electron chi connectivity index (χ0n) is 18.8. The standard InChI is InChI=1S/C26H25ClN2O5/c1-18-6-4-7-20(14-18)32-13-5-12-29-22-15-19(10-11-24(22)34-17-26(29)31)28-25(30)16-33-23-9-3-2-8-21(23)27/h2-4,6-11,14-15H,5,12-13,16-17H2,1H3,(H,28,30). The van der Waals surface area contributed by atoms with Crippen molar-refractivity contribution in [3.63, 3.8) is 0 Å². The number of nitrogens with one attached hydrogen (secondary N) is 1. The van der Waals surface area contributed by atoms with Crippen molar-refractivity contribution in [2.75, 3.05) is 36.6 Å². The third-order valence-corrected chi connectivity index (χ3v) is 5.48. The van der Waals surface area contributed by atoms with Gasteiger partial charge >= 0.3 is 0 Å². The second kappa shape index (κ2) is 10.9. The number of benzene rings is 3. The zero-order chi connectivity index (χ0) is 23.9. The van der Waals surface area contributed by atoms with Crippen LogP contribution in [0.25, 0.3) is 0 Å². The van der Waals surface area contributed by atoms with Crippen molar-refractivity contribution in [1.29, 1.82) is 0 Å². The lowest BCUT2D eigenvalue weighted by atomic mass is 10.2. The van der Waals surface area contributed by atoms with Gasteiger partial charge in [-0.25, -0.2) is 0 Å². The Morgan fingerprint density at radius 2 is 1.94 bits per heavy atom. The molecule has 0 fully saturated rings. The van der Waals surface area contributed by atoms with Crippen LogP contribution in [0, 0.1) is 6.92 Å². The van der Waals surface area contributed by atoms with Gasteiger partial charge in [-0.2, -0.15) is 0 Å². The number of carbonyl (C=O) groups excluding carboxylic acids is 2. The summed E-state index contributed by atoms with van der Waals surface area (Å²) < 4.78 is 16.8. The van der Waals surface area contributed by atoms with E-state index in [-0.39, 0.29) is 25.0 Å².